The Balaban J connectivity index is 2.86. The monoisotopic (exact) mass is 388 g/mol. The van der Waals surface area contributed by atoms with Gasteiger partial charge in [0.25, 0.3) is 0 Å². The third-order valence-electron chi connectivity index (χ3n) is 3.76. The summed E-state index contributed by atoms with van der Waals surface area (Å²) in [4.78, 5) is 24.9. The normalized spacial score (nSPS) is 18.6. The second-order valence-electron chi connectivity index (χ2n) is 4.97. The van der Waals surface area contributed by atoms with Crippen molar-refractivity contribution in [2.75, 3.05) is 7.11 Å². The zero-order chi connectivity index (χ0) is 17.9. The second-order valence-corrected chi connectivity index (χ2v) is 5.82. The quantitative estimate of drug-likeness (QED) is 0.450. The van der Waals surface area contributed by atoms with Crippen LogP contribution in [-0.4, -0.2) is 18.9 Å². The lowest BCUT2D eigenvalue weighted by Crippen LogP contribution is -2.38. The topological polar surface area (TPSA) is 90.9 Å². The molecule has 120 valence electrons. The zero-order valence-electron chi connectivity index (χ0n) is 12.5. The van der Waals surface area contributed by atoms with Crippen molar-refractivity contribution < 1.29 is 18.7 Å². The van der Waals surface area contributed by atoms with Crippen LogP contribution in [0.15, 0.2) is 40.4 Å². The fraction of sp³-hybridized carbons (Fsp3) is 0.176. The average Bonchev–Trinajstić information content (AvgIpc) is 2.96. The Morgan fingerprint density at radius 2 is 2.04 bits per heavy atom. The predicted octanol–water partition coefficient (Wildman–Crippen LogP) is 3.08. The van der Waals surface area contributed by atoms with Crippen LogP contribution in [0.4, 0.5) is 4.39 Å². The van der Waals surface area contributed by atoms with E-state index in [1.807, 2.05) is 0 Å². The Morgan fingerprint density at radius 3 is 2.50 bits per heavy atom. The molecule has 0 aromatic heterocycles. The minimum Gasteiger partial charge on any atom is -0.468 e. The highest BCUT2D eigenvalue weighted by Crippen LogP contribution is 2.46. The molecule has 0 saturated heterocycles. The molecule has 0 radical (unpaired) electrons. The van der Waals surface area contributed by atoms with E-state index in [2.05, 4.69) is 15.9 Å². The average molecular weight is 389 g/mol. The lowest BCUT2D eigenvalue weighted by molar-refractivity contribution is -0.151. The third kappa shape index (κ3) is 2.64. The van der Waals surface area contributed by atoms with E-state index < -0.39 is 28.6 Å². The van der Waals surface area contributed by atoms with E-state index in [1.54, 1.807) is 12.1 Å². The van der Waals surface area contributed by atoms with E-state index in [9.17, 15) is 24.5 Å². The molecule has 0 fully saturated rings. The molecule has 0 saturated carbocycles. The van der Waals surface area contributed by atoms with Gasteiger partial charge in [0.1, 0.15) is 23.5 Å². The van der Waals surface area contributed by atoms with Gasteiger partial charge < -0.3 is 4.74 Å². The van der Waals surface area contributed by atoms with Gasteiger partial charge in [-0.3, -0.25) is 9.59 Å². The van der Waals surface area contributed by atoms with Crippen LogP contribution in [0, 0.1) is 33.9 Å². The van der Waals surface area contributed by atoms with Gasteiger partial charge in [0, 0.05) is 5.57 Å². The number of nitriles is 2. The lowest BCUT2D eigenvalue weighted by atomic mass is 9.72. The summed E-state index contributed by atoms with van der Waals surface area (Å²) in [6.45, 7) is 0. The fourth-order valence-corrected chi connectivity index (χ4v) is 3.04. The van der Waals surface area contributed by atoms with E-state index in [0.717, 1.165) is 13.2 Å². The first kappa shape index (κ1) is 17.6. The predicted molar refractivity (Wildman–Crippen MR) is 85.5 cm³/mol. The Morgan fingerprint density at radius 1 is 1.38 bits per heavy atom. The lowest BCUT2D eigenvalue weighted by Gasteiger charge is -2.28. The number of rotatable bonds is 3. The number of benzene rings is 1. The van der Waals surface area contributed by atoms with Crippen LogP contribution in [0.3, 0.4) is 0 Å². The fourth-order valence-electron chi connectivity index (χ4n) is 2.66. The first-order chi connectivity index (χ1) is 11.4. The first-order valence-corrected chi connectivity index (χ1v) is 7.51. The number of carbonyl (C=O) groups excluding carboxylic acids is 2. The highest BCUT2D eigenvalue weighted by molar-refractivity contribution is 9.10. The zero-order valence-corrected chi connectivity index (χ0v) is 14.1. The van der Waals surface area contributed by atoms with Crippen molar-refractivity contribution in [3.8, 4) is 12.1 Å². The number of methoxy groups -OCH3 is 1. The molecule has 1 aromatic carbocycles. The molecule has 1 aromatic rings. The number of hydrogen-bond donors (Lipinski definition) is 0. The summed E-state index contributed by atoms with van der Waals surface area (Å²) in [6.07, 6.45) is 2.64. The summed E-state index contributed by atoms with van der Waals surface area (Å²) in [5.74, 6) is -2.03. The van der Waals surface area contributed by atoms with E-state index in [-0.39, 0.29) is 22.0 Å². The summed E-state index contributed by atoms with van der Waals surface area (Å²) in [7, 11) is 1.12. The Labute approximate surface area is 145 Å². The number of halogens is 2. The largest absolute Gasteiger partial charge is 0.468 e. The molecule has 0 bridgehead atoms. The van der Waals surface area contributed by atoms with Crippen molar-refractivity contribution >= 4 is 33.3 Å². The standard InChI is InChI=1S/C17H10BrFN2O3/c1-24-16(23)17(6-2-3-14(17)22)15(11(8-20)9-21)10-4-5-13(19)12(18)7-10/h2-5,7H,6H2,1H3. The maximum atomic E-state index is 13.5. The van der Waals surface area contributed by atoms with Gasteiger partial charge in [0.2, 0.25) is 0 Å². The van der Waals surface area contributed by atoms with Crippen molar-refractivity contribution in [3.63, 3.8) is 0 Å². The number of nitrogens with zero attached hydrogens (tertiary/aromatic N) is 2. The maximum absolute atomic E-state index is 13.5. The number of esters is 1. The molecule has 1 aliphatic carbocycles. The van der Waals surface area contributed by atoms with Gasteiger partial charge in [-0.05, 0) is 46.1 Å². The molecule has 0 amide bonds. The molecule has 1 aliphatic rings. The smallest absolute Gasteiger partial charge is 0.324 e. The molecule has 2 rings (SSSR count). The van der Waals surface area contributed by atoms with Gasteiger partial charge in [-0.15, -0.1) is 0 Å². The number of hydrogen-bond acceptors (Lipinski definition) is 5. The van der Waals surface area contributed by atoms with Crippen LogP contribution in [0.5, 0.6) is 0 Å². The molecular formula is C17H10BrFN2O3. The molecule has 0 spiro atoms. The number of ketones is 1. The van der Waals surface area contributed by atoms with Gasteiger partial charge >= 0.3 is 5.97 Å². The van der Waals surface area contributed by atoms with Crippen LogP contribution in [-0.2, 0) is 14.3 Å². The summed E-state index contributed by atoms with van der Waals surface area (Å²) >= 11 is 3.02. The number of carbonyl (C=O) groups is 2. The summed E-state index contributed by atoms with van der Waals surface area (Å²) < 4.78 is 18.4. The van der Waals surface area contributed by atoms with E-state index in [1.165, 1.54) is 24.3 Å². The van der Waals surface area contributed by atoms with Gasteiger partial charge in [-0.2, -0.15) is 10.5 Å². The molecule has 5 nitrogen and oxygen atoms in total. The van der Waals surface area contributed by atoms with E-state index in [4.69, 9.17) is 4.74 Å². The van der Waals surface area contributed by atoms with Crippen LogP contribution in [0.2, 0.25) is 0 Å². The second kappa shape index (κ2) is 6.77. The summed E-state index contributed by atoms with van der Waals surface area (Å²) in [6, 6.07) is 7.15. The Hall–Kier alpha value is -2.77. The number of allylic oxidation sites excluding steroid dienone is 3. The van der Waals surface area contributed by atoms with Crippen LogP contribution in [0.25, 0.3) is 5.57 Å². The van der Waals surface area contributed by atoms with Crippen molar-refractivity contribution in [3.05, 3.63) is 51.8 Å². The van der Waals surface area contributed by atoms with Crippen molar-refractivity contribution in [1.82, 2.24) is 0 Å². The molecular weight excluding hydrogens is 379 g/mol. The molecule has 1 unspecified atom stereocenters. The van der Waals surface area contributed by atoms with Crippen LogP contribution in [0.1, 0.15) is 12.0 Å². The van der Waals surface area contributed by atoms with Crippen LogP contribution >= 0.6 is 15.9 Å². The van der Waals surface area contributed by atoms with Gasteiger partial charge in [0.05, 0.1) is 11.6 Å². The molecule has 0 aliphatic heterocycles. The summed E-state index contributed by atoms with van der Waals surface area (Å²) in [5.41, 5.74) is -2.11. The van der Waals surface area contributed by atoms with Gasteiger partial charge in [-0.25, -0.2) is 4.39 Å². The highest BCUT2D eigenvalue weighted by Gasteiger charge is 2.52. The Kier molecular flexibility index (Phi) is 4.96. The van der Waals surface area contributed by atoms with Crippen molar-refractivity contribution in [2.45, 2.75) is 6.42 Å². The maximum Gasteiger partial charge on any atom is 0.324 e. The van der Waals surface area contributed by atoms with Crippen molar-refractivity contribution in [2.24, 2.45) is 5.41 Å². The summed E-state index contributed by atoms with van der Waals surface area (Å²) in [5, 5.41) is 18.6. The molecule has 24 heavy (non-hydrogen) atoms. The van der Waals surface area contributed by atoms with Gasteiger partial charge in [-0.1, -0.05) is 12.1 Å². The minimum absolute atomic E-state index is 0.0459. The Bertz CT molecular complexity index is 861. The third-order valence-corrected chi connectivity index (χ3v) is 4.36. The molecule has 7 heteroatoms. The SMILES string of the molecule is COC(=O)C1(C(=C(C#N)C#N)c2ccc(F)c(Br)c2)CC=CC1=O. The molecule has 0 N–H and O–H groups in total. The molecule has 1 atom stereocenters. The van der Waals surface area contributed by atoms with Crippen LogP contribution < -0.4 is 0 Å². The van der Waals surface area contributed by atoms with E-state index in [0.29, 0.717) is 0 Å². The number of ether oxygens (including phenoxy) is 1. The molecule has 0 heterocycles. The van der Waals surface area contributed by atoms with Crippen molar-refractivity contribution in [1.29, 1.82) is 10.5 Å². The first-order valence-electron chi connectivity index (χ1n) is 6.72. The van der Waals surface area contributed by atoms with E-state index >= 15 is 0 Å². The van der Waals surface area contributed by atoms with Gasteiger partial charge in [0.15, 0.2) is 11.2 Å². The highest BCUT2D eigenvalue weighted by atomic mass is 79.9. The minimum atomic E-state index is -1.83.